The summed E-state index contributed by atoms with van der Waals surface area (Å²) in [5.74, 6) is 2.75. The summed E-state index contributed by atoms with van der Waals surface area (Å²) in [5, 5.41) is 0. The Bertz CT molecular complexity index is 1530. The van der Waals surface area contributed by atoms with Gasteiger partial charge in [0.05, 0.1) is 36.4 Å². The largest absolute Gasteiger partial charge is 0.341 e. The topological polar surface area (TPSA) is 98.0 Å². The molecule has 8 nitrogen and oxygen atoms in total. The maximum absolute atomic E-state index is 12.8. The molecule has 1 unspecified atom stereocenters. The van der Waals surface area contributed by atoms with Crippen LogP contribution in [0.2, 0.25) is 0 Å². The number of nitrogens with zero attached hydrogens (tertiary/aromatic N) is 4. The highest BCUT2D eigenvalue weighted by Gasteiger charge is 2.32. The van der Waals surface area contributed by atoms with Gasteiger partial charge in [-0.05, 0) is 53.4 Å². The fourth-order valence-electron chi connectivity index (χ4n) is 5.96. The Balaban J connectivity index is 1.23. The highest BCUT2D eigenvalue weighted by atomic mass is 16.2. The molecule has 1 aliphatic heterocycles. The smallest absolute Gasteiger partial charge is 0.223 e. The number of carbonyl (C=O) groups is 2. The number of hydrogen-bond acceptors (Lipinski definition) is 4. The molecular formula is C36H46N6O2. The van der Waals surface area contributed by atoms with Crippen LogP contribution in [0.1, 0.15) is 84.4 Å². The third kappa shape index (κ3) is 7.47. The SMILES string of the molecule is CCCN(Cc1ncc(-c2ccc(-c3ccc(-c4cnc(C5CCCN5C(=O)CC(C)C)[nH]4)cc3)cc2)[nH]1)C(=O)CC(C)C. The van der Waals surface area contributed by atoms with E-state index in [1.165, 1.54) is 0 Å². The van der Waals surface area contributed by atoms with E-state index >= 15 is 0 Å². The van der Waals surface area contributed by atoms with E-state index in [0.29, 0.717) is 31.2 Å². The first-order valence-electron chi connectivity index (χ1n) is 16.1. The van der Waals surface area contributed by atoms with Crippen molar-refractivity contribution in [1.82, 2.24) is 29.7 Å². The predicted molar refractivity (Wildman–Crippen MR) is 175 cm³/mol. The van der Waals surface area contributed by atoms with Gasteiger partial charge in [0.2, 0.25) is 11.8 Å². The summed E-state index contributed by atoms with van der Waals surface area (Å²) < 4.78 is 0. The second kappa shape index (κ2) is 14.1. The fraction of sp³-hybridized carbons (Fsp3) is 0.444. The molecule has 0 aliphatic carbocycles. The van der Waals surface area contributed by atoms with Crippen LogP contribution in [0.4, 0.5) is 0 Å². The lowest BCUT2D eigenvalue weighted by Gasteiger charge is -2.24. The zero-order chi connectivity index (χ0) is 31.2. The summed E-state index contributed by atoms with van der Waals surface area (Å²) in [6.45, 7) is 12.4. The number of likely N-dealkylation sites (tertiary alicyclic amines) is 1. The standard InChI is InChI=1S/C36H46N6O2/c1-6-17-41(34(43)19-24(2)3)23-33-37-21-30(39-33)28-13-9-26(10-14-28)27-11-15-29(16-12-27)31-22-38-36(40-31)32-8-7-18-42(32)35(44)20-25(4)5/h9-16,21-22,24-25,32H,6-8,17-20,23H2,1-5H3,(H,37,39)(H,38,40). The van der Waals surface area contributed by atoms with Crippen LogP contribution in [0.25, 0.3) is 33.6 Å². The van der Waals surface area contributed by atoms with Crippen LogP contribution >= 0.6 is 0 Å². The summed E-state index contributed by atoms with van der Waals surface area (Å²) >= 11 is 0. The molecule has 1 atom stereocenters. The predicted octanol–water partition coefficient (Wildman–Crippen LogP) is 7.63. The Labute approximate surface area is 261 Å². The molecule has 2 amide bonds. The van der Waals surface area contributed by atoms with Crippen molar-refractivity contribution in [2.24, 2.45) is 11.8 Å². The number of hydrogen-bond donors (Lipinski definition) is 2. The number of nitrogens with one attached hydrogen (secondary N) is 2. The highest BCUT2D eigenvalue weighted by molar-refractivity contribution is 5.77. The number of amides is 2. The minimum absolute atomic E-state index is 0.0291. The first-order chi connectivity index (χ1) is 21.2. The van der Waals surface area contributed by atoms with Crippen LogP contribution in [-0.4, -0.2) is 54.6 Å². The average Bonchev–Trinajstić information content (AvgIpc) is 3.78. The van der Waals surface area contributed by atoms with Gasteiger partial charge >= 0.3 is 0 Å². The molecule has 1 fully saturated rings. The third-order valence-electron chi connectivity index (χ3n) is 8.19. The average molecular weight is 595 g/mol. The summed E-state index contributed by atoms with van der Waals surface area (Å²) in [6.07, 6.45) is 7.73. The van der Waals surface area contributed by atoms with Crippen molar-refractivity contribution in [3.8, 4) is 33.6 Å². The molecule has 0 bridgehead atoms. The summed E-state index contributed by atoms with van der Waals surface area (Å²) in [5.41, 5.74) is 6.28. The first-order valence-corrected chi connectivity index (χ1v) is 16.1. The quantitative estimate of drug-likeness (QED) is 0.176. The van der Waals surface area contributed by atoms with E-state index in [9.17, 15) is 9.59 Å². The van der Waals surface area contributed by atoms with Crippen molar-refractivity contribution >= 4 is 11.8 Å². The van der Waals surface area contributed by atoms with Crippen LogP contribution in [0.3, 0.4) is 0 Å². The maximum atomic E-state index is 12.8. The van der Waals surface area contributed by atoms with Crippen molar-refractivity contribution in [3.63, 3.8) is 0 Å². The summed E-state index contributed by atoms with van der Waals surface area (Å²) in [4.78, 5) is 45.5. The van der Waals surface area contributed by atoms with Crippen LogP contribution in [-0.2, 0) is 16.1 Å². The van der Waals surface area contributed by atoms with Crippen molar-refractivity contribution < 1.29 is 9.59 Å². The lowest BCUT2D eigenvalue weighted by Crippen LogP contribution is -2.32. The van der Waals surface area contributed by atoms with E-state index in [4.69, 9.17) is 0 Å². The Hall–Kier alpha value is -4.20. The number of carbonyl (C=O) groups excluding carboxylic acids is 2. The molecule has 8 heteroatoms. The number of rotatable bonds is 12. The molecule has 232 valence electrons. The number of aromatic amines is 2. The monoisotopic (exact) mass is 594 g/mol. The Kier molecular flexibility index (Phi) is 9.98. The van der Waals surface area contributed by atoms with E-state index in [1.807, 2.05) is 22.2 Å². The minimum Gasteiger partial charge on any atom is -0.341 e. The maximum Gasteiger partial charge on any atom is 0.223 e. The Morgan fingerprint density at radius 1 is 0.841 bits per heavy atom. The molecule has 3 heterocycles. The highest BCUT2D eigenvalue weighted by Crippen LogP contribution is 2.33. The number of benzene rings is 2. The van der Waals surface area contributed by atoms with Crippen molar-refractivity contribution in [2.45, 2.75) is 79.3 Å². The molecule has 2 aromatic carbocycles. The Morgan fingerprint density at radius 3 is 2.00 bits per heavy atom. The van der Waals surface area contributed by atoms with E-state index in [1.54, 1.807) is 0 Å². The second-order valence-electron chi connectivity index (χ2n) is 12.8. The van der Waals surface area contributed by atoms with Crippen molar-refractivity contribution in [1.29, 1.82) is 0 Å². The minimum atomic E-state index is 0.0291. The van der Waals surface area contributed by atoms with E-state index < -0.39 is 0 Å². The van der Waals surface area contributed by atoms with Gasteiger partial charge in [-0.1, -0.05) is 83.1 Å². The molecule has 0 spiro atoms. The van der Waals surface area contributed by atoms with Gasteiger partial charge in [0.15, 0.2) is 0 Å². The summed E-state index contributed by atoms with van der Waals surface area (Å²) in [7, 11) is 0. The number of H-pyrrole nitrogens is 2. The zero-order valence-corrected chi connectivity index (χ0v) is 26.8. The summed E-state index contributed by atoms with van der Waals surface area (Å²) in [6, 6.07) is 17.0. The first kappa shape index (κ1) is 31.2. The van der Waals surface area contributed by atoms with E-state index in [0.717, 1.165) is 77.6 Å². The van der Waals surface area contributed by atoms with Gasteiger partial charge < -0.3 is 19.8 Å². The lowest BCUT2D eigenvalue weighted by atomic mass is 10.0. The molecule has 1 saturated heterocycles. The van der Waals surface area contributed by atoms with Crippen LogP contribution in [0, 0.1) is 11.8 Å². The zero-order valence-electron chi connectivity index (χ0n) is 26.8. The van der Waals surface area contributed by atoms with Gasteiger partial charge in [-0.3, -0.25) is 9.59 Å². The van der Waals surface area contributed by atoms with Gasteiger partial charge in [0.1, 0.15) is 11.6 Å². The van der Waals surface area contributed by atoms with Gasteiger partial charge in [-0.25, -0.2) is 9.97 Å². The fourth-order valence-corrected chi connectivity index (χ4v) is 5.96. The normalized spacial score (nSPS) is 15.0. The van der Waals surface area contributed by atoms with Crippen molar-refractivity contribution in [2.75, 3.05) is 13.1 Å². The number of aromatic nitrogens is 4. The van der Waals surface area contributed by atoms with E-state index in [2.05, 4.69) is 103 Å². The Morgan fingerprint density at radius 2 is 1.41 bits per heavy atom. The van der Waals surface area contributed by atoms with Crippen molar-refractivity contribution in [3.05, 3.63) is 72.6 Å². The third-order valence-corrected chi connectivity index (χ3v) is 8.19. The van der Waals surface area contributed by atoms with Gasteiger partial charge in [0, 0.05) is 25.9 Å². The van der Waals surface area contributed by atoms with Crippen LogP contribution in [0.15, 0.2) is 60.9 Å². The molecular weight excluding hydrogens is 548 g/mol. The number of imidazole rings is 2. The van der Waals surface area contributed by atoms with Gasteiger partial charge in [-0.15, -0.1) is 0 Å². The molecule has 44 heavy (non-hydrogen) atoms. The second-order valence-corrected chi connectivity index (χ2v) is 12.8. The molecule has 0 radical (unpaired) electrons. The molecule has 2 aromatic heterocycles. The molecule has 5 rings (SSSR count). The molecule has 4 aromatic rings. The molecule has 2 N–H and O–H groups in total. The lowest BCUT2D eigenvalue weighted by molar-refractivity contribution is -0.133. The van der Waals surface area contributed by atoms with E-state index in [-0.39, 0.29) is 17.9 Å². The van der Waals surface area contributed by atoms with Gasteiger partial charge in [0.25, 0.3) is 0 Å². The molecule has 0 saturated carbocycles. The molecule has 1 aliphatic rings. The van der Waals surface area contributed by atoms with Crippen LogP contribution < -0.4 is 0 Å². The van der Waals surface area contributed by atoms with Crippen LogP contribution in [0.5, 0.6) is 0 Å². The van der Waals surface area contributed by atoms with Gasteiger partial charge in [-0.2, -0.15) is 0 Å².